The van der Waals surface area contributed by atoms with Crippen LogP contribution in [0.4, 0.5) is 0 Å². The summed E-state index contributed by atoms with van der Waals surface area (Å²) in [6.07, 6.45) is 7.90. The van der Waals surface area contributed by atoms with Gasteiger partial charge in [0.05, 0.1) is 6.10 Å². The van der Waals surface area contributed by atoms with E-state index < -0.39 is 0 Å². The van der Waals surface area contributed by atoms with Crippen LogP contribution in [0, 0.1) is 0 Å². The van der Waals surface area contributed by atoms with Crippen molar-refractivity contribution in [2.45, 2.75) is 56.7 Å². The Kier molecular flexibility index (Phi) is 3.67. The molecule has 1 fully saturated rings. The van der Waals surface area contributed by atoms with Crippen molar-refractivity contribution in [2.24, 2.45) is 0 Å². The van der Waals surface area contributed by atoms with Crippen LogP contribution in [0.25, 0.3) is 0 Å². The summed E-state index contributed by atoms with van der Waals surface area (Å²) >= 11 is 0. The average Bonchev–Trinajstić information content (AvgIpc) is 2.86. The maximum Gasteiger partial charge on any atom is 0.0724 e. The molecule has 3 rings (SSSR count). The third-order valence-corrected chi connectivity index (χ3v) is 4.55. The summed E-state index contributed by atoms with van der Waals surface area (Å²) in [5, 5.41) is 3.83. The summed E-state index contributed by atoms with van der Waals surface area (Å²) in [5.41, 5.74) is 3.08. The molecule has 2 aliphatic carbocycles. The fourth-order valence-corrected chi connectivity index (χ4v) is 3.54. The summed E-state index contributed by atoms with van der Waals surface area (Å²) < 4.78 is 5.57. The van der Waals surface area contributed by atoms with Crippen LogP contribution in [0.5, 0.6) is 0 Å². The van der Waals surface area contributed by atoms with Crippen molar-refractivity contribution < 1.29 is 4.74 Å². The number of fused-ring (bicyclic) bond motifs is 1. The Morgan fingerprint density at radius 1 is 1.11 bits per heavy atom. The molecule has 0 aliphatic heterocycles. The second-order valence-corrected chi connectivity index (χ2v) is 5.69. The van der Waals surface area contributed by atoms with E-state index in [-0.39, 0.29) is 0 Å². The van der Waals surface area contributed by atoms with E-state index in [0.717, 1.165) is 0 Å². The smallest absolute Gasteiger partial charge is 0.0724 e. The number of benzene rings is 1. The maximum absolute atomic E-state index is 5.57. The van der Waals surface area contributed by atoms with Crippen molar-refractivity contribution in [1.82, 2.24) is 5.32 Å². The molecular weight excluding hydrogens is 222 g/mol. The van der Waals surface area contributed by atoms with Crippen LogP contribution in [0.2, 0.25) is 0 Å². The highest BCUT2D eigenvalue weighted by Gasteiger charge is 2.29. The van der Waals surface area contributed by atoms with Crippen molar-refractivity contribution >= 4 is 0 Å². The van der Waals surface area contributed by atoms with Gasteiger partial charge < -0.3 is 10.1 Å². The normalized spacial score (nSPS) is 31.3. The van der Waals surface area contributed by atoms with E-state index >= 15 is 0 Å². The molecule has 0 bridgehead atoms. The van der Waals surface area contributed by atoms with Crippen LogP contribution in [-0.4, -0.2) is 25.3 Å². The average molecular weight is 245 g/mol. The lowest BCUT2D eigenvalue weighted by Gasteiger charge is -2.30. The predicted molar refractivity (Wildman–Crippen MR) is 73.8 cm³/mol. The molecule has 1 aromatic rings. The molecule has 2 heteroatoms. The van der Waals surface area contributed by atoms with Crippen LogP contribution in [0.1, 0.15) is 36.8 Å². The van der Waals surface area contributed by atoms with Gasteiger partial charge in [-0.25, -0.2) is 0 Å². The fraction of sp³-hybridized carbons (Fsp3) is 0.625. The lowest BCUT2D eigenvalue weighted by Crippen LogP contribution is -2.45. The van der Waals surface area contributed by atoms with E-state index in [9.17, 15) is 0 Å². The molecule has 1 aromatic carbocycles. The van der Waals surface area contributed by atoms with Crippen molar-refractivity contribution in [3.05, 3.63) is 35.4 Å². The van der Waals surface area contributed by atoms with Gasteiger partial charge in [-0.1, -0.05) is 24.3 Å². The molecule has 0 heterocycles. The third kappa shape index (κ3) is 2.45. The molecule has 18 heavy (non-hydrogen) atoms. The van der Waals surface area contributed by atoms with Crippen molar-refractivity contribution in [3.63, 3.8) is 0 Å². The van der Waals surface area contributed by atoms with E-state index in [4.69, 9.17) is 4.74 Å². The highest BCUT2D eigenvalue weighted by molar-refractivity contribution is 5.30. The third-order valence-electron chi connectivity index (χ3n) is 4.55. The van der Waals surface area contributed by atoms with Gasteiger partial charge in [0, 0.05) is 19.2 Å². The maximum atomic E-state index is 5.57. The van der Waals surface area contributed by atoms with E-state index in [1.54, 1.807) is 5.56 Å². The quantitative estimate of drug-likeness (QED) is 0.884. The number of rotatable bonds is 3. The van der Waals surface area contributed by atoms with Gasteiger partial charge in [0.2, 0.25) is 0 Å². The van der Waals surface area contributed by atoms with Gasteiger partial charge in [0.1, 0.15) is 0 Å². The zero-order valence-electron chi connectivity index (χ0n) is 11.2. The lowest BCUT2D eigenvalue weighted by atomic mass is 9.88. The second kappa shape index (κ2) is 5.41. The van der Waals surface area contributed by atoms with E-state index in [1.807, 2.05) is 7.11 Å². The summed E-state index contributed by atoms with van der Waals surface area (Å²) in [5.74, 6) is 0. The molecule has 0 amide bonds. The topological polar surface area (TPSA) is 21.3 Å². The number of ether oxygens (including phenoxy) is 1. The molecule has 3 atom stereocenters. The van der Waals surface area contributed by atoms with Crippen LogP contribution in [0.15, 0.2) is 24.3 Å². The van der Waals surface area contributed by atoms with Crippen LogP contribution in [0.3, 0.4) is 0 Å². The van der Waals surface area contributed by atoms with Gasteiger partial charge in [0.15, 0.2) is 0 Å². The number of hydrogen-bond acceptors (Lipinski definition) is 2. The van der Waals surface area contributed by atoms with Crippen LogP contribution >= 0.6 is 0 Å². The van der Waals surface area contributed by atoms with Gasteiger partial charge in [0.25, 0.3) is 0 Å². The standard InChI is InChI=1S/C16H23NO/c1-18-16-8-4-7-15(16)17-14-10-9-12-5-2-3-6-13(12)11-14/h2-3,5-6,14-17H,4,7-11H2,1H3. The Morgan fingerprint density at radius 2 is 1.94 bits per heavy atom. The van der Waals surface area contributed by atoms with Gasteiger partial charge in [-0.05, 0) is 49.7 Å². The SMILES string of the molecule is COC1CCCC1NC1CCc2ccccc2C1. The Labute approximate surface area is 110 Å². The molecule has 3 unspecified atom stereocenters. The summed E-state index contributed by atoms with van der Waals surface area (Å²) in [6, 6.07) is 10.1. The summed E-state index contributed by atoms with van der Waals surface area (Å²) in [6.45, 7) is 0. The molecule has 0 spiro atoms. The summed E-state index contributed by atoms with van der Waals surface area (Å²) in [4.78, 5) is 0. The number of methoxy groups -OCH3 is 1. The fourth-order valence-electron chi connectivity index (χ4n) is 3.54. The minimum absolute atomic E-state index is 0.433. The Morgan fingerprint density at radius 3 is 2.78 bits per heavy atom. The molecule has 2 nitrogen and oxygen atoms in total. The van der Waals surface area contributed by atoms with E-state index in [0.29, 0.717) is 18.2 Å². The molecule has 1 saturated carbocycles. The van der Waals surface area contributed by atoms with Gasteiger partial charge in [-0.15, -0.1) is 0 Å². The van der Waals surface area contributed by atoms with Crippen LogP contribution < -0.4 is 5.32 Å². The minimum atomic E-state index is 0.433. The van der Waals surface area contributed by atoms with Gasteiger partial charge in [-0.2, -0.15) is 0 Å². The first-order valence-electron chi connectivity index (χ1n) is 7.22. The Hall–Kier alpha value is -0.860. The highest BCUT2D eigenvalue weighted by atomic mass is 16.5. The minimum Gasteiger partial charge on any atom is -0.380 e. The van der Waals surface area contributed by atoms with Crippen molar-refractivity contribution in [2.75, 3.05) is 7.11 Å². The molecule has 0 aromatic heterocycles. The molecular formula is C16H23NO. The zero-order valence-corrected chi connectivity index (χ0v) is 11.2. The second-order valence-electron chi connectivity index (χ2n) is 5.69. The van der Waals surface area contributed by atoms with Crippen LogP contribution in [-0.2, 0) is 17.6 Å². The van der Waals surface area contributed by atoms with E-state index in [2.05, 4.69) is 29.6 Å². The van der Waals surface area contributed by atoms with Crippen molar-refractivity contribution in [3.8, 4) is 0 Å². The molecule has 0 saturated heterocycles. The lowest BCUT2D eigenvalue weighted by molar-refractivity contribution is 0.0805. The van der Waals surface area contributed by atoms with Gasteiger partial charge in [-0.3, -0.25) is 0 Å². The zero-order chi connectivity index (χ0) is 12.4. The molecule has 1 N–H and O–H groups in total. The highest BCUT2D eigenvalue weighted by Crippen LogP contribution is 2.25. The largest absolute Gasteiger partial charge is 0.380 e. The molecule has 0 radical (unpaired) electrons. The first kappa shape index (κ1) is 12.2. The first-order chi connectivity index (χ1) is 8.86. The Bertz CT molecular complexity index is 404. The van der Waals surface area contributed by atoms with E-state index in [1.165, 1.54) is 44.1 Å². The monoisotopic (exact) mass is 245 g/mol. The molecule has 2 aliphatic rings. The Balaban J connectivity index is 1.62. The summed E-state index contributed by atoms with van der Waals surface area (Å²) in [7, 11) is 1.85. The van der Waals surface area contributed by atoms with Crippen molar-refractivity contribution in [1.29, 1.82) is 0 Å². The number of nitrogens with one attached hydrogen (secondary N) is 1. The van der Waals surface area contributed by atoms with Gasteiger partial charge >= 0.3 is 0 Å². The first-order valence-corrected chi connectivity index (χ1v) is 7.22. The number of aryl methyl sites for hydroxylation is 1. The number of hydrogen-bond donors (Lipinski definition) is 1. The molecule has 98 valence electrons. The predicted octanol–water partition coefficient (Wildman–Crippen LogP) is 2.70.